The second kappa shape index (κ2) is 6.54. The Balaban J connectivity index is 2.56. The van der Waals surface area contributed by atoms with Crippen molar-refractivity contribution in [2.24, 2.45) is 0 Å². The maximum Gasteiger partial charge on any atom is 0.170 e. The van der Waals surface area contributed by atoms with Gasteiger partial charge in [0.2, 0.25) is 0 Å². The Bertz CT molecular complexity index is 615. The Morgan fingerprint density at radius 3 is 2.45 bits per heavy atom. The molecule has 2 aromatic rings. The lowest BCUT2D eigenvalue weighted by molar-refractivity contribution is 0.382. The van der Waals surface area contributed by atoms with Gasteiger partial charge in [-0.1, -0.05) is 30.3 Å². The van der Waals surface area contributed by atoms with Gasteiger partial charge in [0.05, 0.1) is 13.2 Å². The fourth-order valence-corrected chi connectivity index (χ4v) is 2.95. The smallest absolute Gasteiger partial charge is 0.170 e. The highest BCUT2D eigenvalue weighted by atomic mass is 127. The fraction of sp³-hybridized carbons (Fsp3) is 0.250. The van der Waals surface area contributed by atoms with Crippen molar-refractivity contribution in [2.75, 3.05) is 14.2 Å². The van der Waals surface area contributed by atoms with E-state index < -0.39 is 0 Å². The SMILES string of the molecule is CNC(c1cccc(OC)c1F)c1cccc(C)c1I. The normalized spacial score (nSPS) is 12.2. The van der Waals surface area contributed by atoms with Crippen LogP contribution in [0.1, 0.15) is 22.7 Å². The third kappa shape index (κ3) is 2.81. The van der Waals surface area contributed by atoms with Gasteiger partial charge >= 0.3 is 0 Å². The first-order valence-corrected chi connectivity index (χ1v) is 7.42. The number of hydrogen-bond donors (Lipinski definition) is 1. The Labute approximate surface area is 132 Å². The minimum absolute atomic E-state index is 0.197. The highest BCUT2D eigenvalue weighted by Gasteiger charge is 2.21. The molecule has 2 rings (SSSR count). The summed E-state index contributed by atoms with van der Waals surface area (Å²) < 4.78 is 20.7. The molecule has 2 nitrogen and oxygen atoms in total. The molecule has 0 saturated heterocycles. The summed E-state index contributed by atoms with van der Waals surface area (Å²) in [6.07, 6.45) is 0. The zero-order valence-electron chi connectivity index (χ0n) is 11.7. The molecule has 20 heavy (non-hydrogen) atoms. The van der Waals surface area contributed by atoms with Gasteiger partial charge in [-0.15, -0.1) is 0 Å². The summed E-state index contributed by atoms with van der Waals surface area (Å²) in [4.78, 5) is 0. The van der Waals surface area contributed by atoms with Crippen LogP contribution >= 0.6 is 22.6 Å². The average Bonchev–Trinajstić information content (AvgIpc) is 2.46. The van der Waals surface area contributed by atoms with Gasteiger partial charge in [0, 0.05) is 9.13 Å². The number of aryl methyl sites for hydroxylation is 1. The molecule has 0 fully saturated rings. The molecular formula is C16H17FINO. The maximum atomic E-state index is 14.5. The molecule has 0 heterocycles. The Morgan fingerprint density at radius 2 is 1.80 bits per heavy atom. The molecular weight excluding hydrogens is 368 g/mol. The molecule has 1 unspecified atom stereocenters. The molecule has 1 N–H and O–H groups in total. The minimum Gasteiger partial charge on any atom is -0.494 e. The molecule has 0 aliphatic carbocycles. The van der Waals surface area contributed by atoms with Gasteiger partial charge in [0.15, 0.2) is 11.6 Å². The second-order valence-electron chi connectivity index (χ2n) is 4.56. The number of methoxy groups -OCH3 is 1. The molecule has 0 spiro atoms. The Hall–Kier alpha value is -1.14. The van der Waals surface area contributed by atoms with Gasteiger partial charge in [-0.2, -0.15) is 0 Å². The Morgan fingerprint density at radius 1 is 1.15 bits per heavy atom. The lowest BCUT2D eigenvalue weighted by Crippen LogP contribution is -2.20. The van der Waals surface area contributed by atoms with E-state index in [4.69, 9.17) is 4.74 Å². The lowest BCUT2D eigenvalue weighted by atomic mass is 9.97. The van der Waals surface area contributed by atoms with E-state index in [1.54, 1.807) is 12.1 Å². The third-order valence-corrected chi connectivity index (χ3v) is 4.82. The van der Waals surface area contributed by atoms with Gasteiger partial charge in [-0.25, -0.2) is 4.39 Å². The van der Waals surface area contributed by atoms with Crippen molar-refractivity contribution in [3.05, 3.63) is 62.5 Å². The zero-order chi connectivity index (χ0) is 14.7. The van der Waals surface area contributed by atoms with Crippen molar-refractivity contribution in [1.29, 1.82) is 0 Å². The monoisotopic (exact) mass is 385 g/mol. The largest absolute Gasteiger partial charge is 0.494 e. The predicted octanol–water partition coefficient (Wildman–Crippen LogP) is 4.06. The van der Waals surface area contributed by atoms with Crippen LogP contribution in [0.15, 0.2) is 36.4 Å². The van der Waals surface area contributed by atoms with E-state index in [1.165, 1.54) is 12.7 Å². The molecule has 0 saturated carbocycles. The molecule has 4 heteroatoms. The van der Waals surface area contributed by atoms with Crippen molar-refractivity contribution in [1.82, 2.24) is 5.32 Å². The van der Waals surface area contributed by atoms with Crippen molar-refractivity contribution >= 4 is 22.6 Å². The van der Waals surface area contributed by atoms with Gasteiger partial charge in [0.25, 0.3) is 0 Å². The minimum atomic E-state index is -0.313. The van der Waals surface area contributed by atoms with E-state index in [-0.39, 0.29) is 17.6 Å². The first-order valence-electron chi connectivity index (χ1n) is 6.34. The van der Waals surface area contributed by atoms with E-state index in [9.17, 15) is 4.39 Å². The van der Waals surface area contributed by atoms with Crippen LogP contribution in [0.4, 0.5) is 4.39 Å². The number of nitrogens with one attached hydrogen (secondary N) is 1. The summed E-state index contributed by atoms with van der Waals surface area (Å²) in [6.45, 7) is 2.06. The number of hydrogen-bond acceptors (Lipinski definition) is 2. The van der Waals surface area contributed by atoms with Gasteiger partial charge in [-0.05, 0) is 53.8 Å². The van der Waals surface area contributed by atoms with E-state index in [1.807, 2.05) is 25.2 Å². The molecule has 0 aromatic heterocycles. The lowest BCUT2D eigenvalue weighted by Gasteiger charge is -2.21. The average molecular weight is 385 g/mol. The van der Waals surface area contributed by atoms with Crippen molar-refractivity contribution in [3.8, 4) is 5.75 Å². The first kappa shape index (κ1) is 15.3. The molecule has 0 aliphatic heterocycles. The van der Waals surface area contributed by atoms with Crippen LogP contribution < -0.4 is 10.1 Å². The quantitative estimate of drug-likeness (QED) is 0.802. The molecule has 0 radical (unpaired) electrons. The van der Waals surface area contributed by atoms with Crippen molar-refractivity contribution in [2.45, 2.75) is 13.0 Å². The summed E-state index contributed by atoms with van der Waals surface area (Å²) in [6, 6.07) is 11.1. The topological polar surface area (TPSA) is 21.3 Å². The summed E-state index contributed by atoms with van der Waals surface area (Å²) in [5.74, 6) is -0.0444. The van der Waals surface area contributed by atoms with Crippen LogP contribution in [-0.4, -0.2) is 14.2 Å². The van der Waals surface area contributed by atoms with Crippen LogP contribution in [0, 0.1) is 16.3 Å². The van der Waals surface area contributed by atoms with E-state index in [0.29, 0.717) is 5.56 Å². The first-order chi connectivity index (χ1) is 9.60. The maximum absolute atomic E-state index is 14.5. The number of ether oxygens (including phenoxy) is 1. The Kier molecular flexibility index (Phi) is 4.99. The highest BCUT2D eigenvalue weighted by molar-refractivity contribution is 14.1. The molecule has 2 aromatic carbocycles. The standard InChI is InChI=1S/C16H17FINO/c1-10-6-4-8-12(15(10)18)16(19-2)11-7-5-9-13(20-3)14(11)17/h4-9,16,19H,1-3H3. The van der Waals surface area contributed by atoms with E-state index >= 15 is 0 Å². The van der Waals surface area contributed by atoms with E-state index in [0.717, 1.165) is 9.13 Å². The summed E-state index contributed by atoms with van der Waals surface area (Å²) in [5, 5.41) is 3.19. The van der Waals surface area contributed by atoms with Gasteiger partial charge in [0.1, 0.15) is 0 Å². The summed E-state index contributed by atoms with van der Waals surface area (Å²) in [7, 11) is 3.31. The molecule has 0 amide bonds. The number of benzene rings is 2. The summed E-state index contributed by atoms with van der Waals surface area (Å²) >= 11 is 2.31. The molecule has 0 bridgehead atoms. The zero-order valence-corrected chi connectivity index (χ0v) is 13.9. The van der Waals surface area contributed by atoms with Crippen molar-refractivity contribution in [3.63, 3.8) is 0 Å². The van der Waals surface area contributed by atoms with E-state index in [2.05, 4.69) is 40.9 Å². The van der Waals surface area contributed by atoms with Gasteiger partial charge in [-0.3, -0.25) is 0 Å². The molecule has 106 valence electrons. The third-order valence-electron chi connectivity index (χ3n) is 3.35. The summed E-state index contributed by atoms with van der Waals surface area (Å²) in [5.41, 5.74) is 2.85. The number of halogens is 2. The predicted molar refractivity (Wildman–Crippen MR) is 87.8 cm³/mol. The van der Waals surface area contributed by atoms with Crippen LogP contribution in [0.3, 0.4) is 0 Å². The second-order valence-corrected chi connectivity index (χ2v) is 5.64. The van der Waals surface area contributed by atoms with Crippen LogP contribution in [-0.2, 0) is 0 Å². The number of rotatable bonds is 4. The molecule has 1 atom stereocenters. The van der Waals surface area contributed by atoms with Crippen LogP contribution in [0.2, 0.25) is 0 Å². The molecule has 0 aliphatic rings. The van der Waals surface area contributed by atoms with Crippen molar-refractivity contribution < 1.29 is 9.13 Å². The fourth-order valence-electron chi connectivity index (χ4n) is 2.28. The van der Waals surface area contributed by atoms with Gasteiger partial charge < -0.3 is 10.1 Å². The highest BCUT2D eigenvalue weighted by Crippen LogP contribution is 2.32. The van der Waals surface area contributed by atoms with Crippen LogP contribution in [0.25, 0.3) is 0 Å². The van der Waals surface area contributed by atoms with Crippen LogP contribution in [0.5, 0.6) is 5.75 Å².